The molecule has 1 amide bonds. The zero-order chi connectivity index (χ0) is 14.5. The topological polar surface area (TPSA) is 54.0 Å². The Bertz CT molecular complexity index is 623. The molecule has 104 valence electrons. The summed E-state index contributed by atoms with van der Waals surface area (Å²) in [7, 11) is 0. The molecule has 1 aromatic heterocycles. The van der Waals surface area contributed by atoms with E-state index in [1.807, 2.05) is 39.0 Å². The van der Waals surface area contributed by atoms with E-state index in [0.29, 0.717) is 11.4 Å². The molecular formula is C16H19N3O. The summed E-state index contributed by atoms with van der Waals surface area (Å²) in [6.07, 6.45) is 1.67. The molecular weight excluding hydrogens is 250 g/mol. The number of carbonyl (C=O) groups excluding carboxylic acids is 1. The number of carbonyl (C=O) groups is 1. The van der Waals surface area contributed by atoms with Crippen LogP contribution in [0.4, 0.5) is 11.5 Å². The Labute approximate surface area is 119 Å². The van der Waals surface area contributed by atoms with Gasteiger partial charge in [0.05, 0.1) is 5.56 Å². The van der Waals surface area contributed by atoms with E-state index in [1.165, 1.54) is 0 Å². The molecule has 2 rings (SSSR count). The van der Waals surface area contributed by atoms with Crippen molar-refractivity contribution in [2.24, 2.45) is 0 Å². The van der Waals surface area contributed by atoms with Crippen molar-refractivity contribution in [3.05, 3.63) is 53.2 Å². The quantitative estimate of drug-likeness (QED) is 0.894. The van der Waals surface area contributed by atoms with E-state index in [4.69, 9.17) is 0 Å². The smallest absolute Gasteiger partial charge is 0.259 e. The lowest BCUT2D eigenvalue weighted by Gasteiger charge is -2.12. The summed E-state index contributed by atoms with van der Waals surface area (Å²) in [6.45, 7) is 6.68. The molecule has 4 heteroatoms. The molecule has 4 nitrogen and oxygen atoms in total. The number of hydrogen-bond donors (Lipinski definition) is 2. The van der Waals surface area contributed by atoms with Gasteiger partial charge in [-0.2, -0.15) is 0 Å². The van der Waals surface area contributed by atoms with Crippen molar-refractivity contribution >= 4 is 17.4 Å². The van der Waals surface area contributed by atoms with Crippen LogP contribution in [0.2, 0.25) is 0 Å². The third-order valence-corrected chi connectivity index (χ3v) is 3.04. The van der Waals surface area contributed by atoms with Crippen LogP contribution in [0.5, 0.6) is 0 Å². The fraction of sp³-hybridized carbons (Fsp3) is 0.250. The summed E-state index contributed by atoms with van der Waals surface area (Å²) in [6, 6.07) is 9.53. The van der Waals surface area contributed by atoms with E-state index in [9.17, 15) is 4.79 Å². The Balaban J connectivity index is 2.26. The van der Waals surface area contributed by atoms with Crippen molar-refractivity contribution in [1.82, 2.24) is 4.98 Å². The summed E-state index contributed by atoms with van der Waals surface area (Å²) in [5.41, 5.74) is 3.54. The Kier molecular flexibility index (Phi) is 4.35. The molecule has 2 aromatic rings. The summed E-state index contributed by atoms with van der Waals surface area (Å²) in [5, 5.41) is 6.04. The molecule has 0 saturated heterocycles. The highest BCUT2D eigenvalue weighted by Crippen LogP contribution is 2.19. The average molecular weight is 269 g/mol. The molecule has 1 heterocycles. The van der Waals surface area contributed by atoms with E-state index >= 15 is 0 Å². The third kappa shape index (κ3) is 3.15. The first kappa shape index (κ1) is 14.1. The SMILES string of the molecule is CCNc1ncccc1C(=O)Nc1cc(C)ccc1C. The van der Waals surface area contributed by atoms with Gasteiger partial charge in [0.15, 0.2) is 0 Å². The van der Waals surface area contributed by atoms with Crippen LogP contribution >= 0.6 is 0 Å². The number of benzene rings is 1. The lowest BCUT2D eigenvalue weighted by molar-refractivity contribution is 0.102. The maximum atomic E-state index is 12.4. The molecule has 0 aliphatic carbocycles. The third-order valence-electron chi connectivity index (χ3n) is 3.04. The molecule has 1 aromatic carbocycles. The first-order valence-electron chi connectivity index (χ1n) is 6.69. The molecule has 0 radical (unpaired) electrons. The van der Waals surface area contributed by atoms with Crippen LogP contribution in [0, 0.1) is 13.8 Å². The van der Waals surface area contributed by atoms with Gasteiger partial charge >= 0.3 is 0 Å². The Morgan fingerprint density at radius 1 is 1.25 bits per heavy atom. The van der Waals surface area contributed by atoms with Gasteiger partial charge in [-0.1, -0.05) is 12.1 Å². The molecule has 0 spiro atoms. The van der Waals surface area contributed by atoms with E-state index in [1.54, 1.807) is 18.3 Å². The number of rotatable bonds is 4. The van der Waals surface area contributed by atoms with E-state index in [0.717, 1.165) is 23.4 Å². The molecule has 0 saturated carbocycles. The summed E-state index contributed by atoms with van der Waals surface area (Å²) < 4.78 is 0. The minimum absolute atomic E-state index is 0.150. The normalized spacial score (nSPS) is 10.2. The molecule has 0 bridgehead atoms. The van der Waals surface area contributed by atoms with Crippen LogP contribution in [0.25, 0.3) is 0 Å². The van der Waals surface area contributed by atoms with E-state index < -0.39 is 0 Å². The molecule has 0 fully saturated rings. The largest absolute Gasteiger partial charge is 0.370 e. The number of aromatic nitrogens is 1. The van der Waals surface area contributed by atoms with Crippen molar-refractivity contribution in [2.75, 3.05) is 17.2 Å². The molecule has 2 N–H and O–H groups in total. The van der Waals surface area contributed by atoms with Gasteiger partial charge in [0.25, 0.3) is 5.91 Å². The minimum atomic E-state index is -0.150. The van der Waals surface area contributed by atoms with Crippen LogP contribution in [-0.4, -0.2) is 17.4 Å². The second-order valence-corrected chi connectivity index (χ2v) is 4.70. The predicted octanol–water partition coefficient (Wildman–Crippen LogP) is 3.38. The maximum Gasteiger partial charge on any atom is 0.259 e. The monoisotopic (exact) mass is 269 g/mol. The average Bonchev–Trinajstić information content (AvgIpc) is 2.44. The van der Waals surface area contributed by atoms with Crippen molar-refractivity contribution in [3.63, 3.8) is 0 Å². The van der Waals surface area contributed by atoms with Crippen LogP contribution in [0.3, 0.4) is 0 Å². The minimum Gasteiger partial charge on any atom is -0.370 e. The molecule has 0 unspecified atom stereocenters. The number of pyridine rings is 1. The number of aryl methyl sites for hydroxylation is 2. The maximum absolute atomic E-state index is 12.4. The van der Waals surface area contributed by atoms with Crippen molar-refractivity contribution in [3.8, 4) is 0 Å². The second kappa shape index (κ2) is 6.19. The van der Waals surface area contributed by atoms with Gasteiger partial charge in [-0.05, 0) is 50.1 Å². The van der Waals surface area contributed by atoms with Crippen molar-refractivity contribution in [2.45, 2.75) is 20.8 Å². The molecule has 0 aliphatic rings. The van der Waals surface area contributed by atoms with Crippen LogP contribution in [0.1, 0.15) is 28.4 Å². The Morgan fingerprint density at radius 2 is 2.05 bits per heavy atom. The number of anilines is 2. The van der Waals surface area contributed by atoms with Gasteiger partial charge in [-0.3, -0.25) is 4.79 Å². The summed E-state index contributed by atoms with van der Waals surface area (Å²) >= 11 is 0. The Morgan fingerprint density at radius 3 is 2.80 bits per heavy atom. The van der Waals surface area contributed by atoms with Crippen molar-refractivity contribution in [1.29, 1.82) is 0 Å². The lowest BCUT2D eigenvalue weighted by Crippen LogP contribution is -2.16. The van der Waals surface area contributed by atoms with Crippen molar-refractivity contribution < 1.29 is 4.79 Å². The van der Waals surface area contributed by atoms with Crippen LogP contribution in [0.15, 0.2) is 36.5 Å². The summed E-state index contributed by atoms with van der Waals surface area (Å²) in [5.74, 6) is 0.459. The zero-order valence-electron chi connectivity index (χ0n) is 12.0. The summed E-state index contributed by atoms with van der Waals surface area (Å²) in [4.78, 5) is 16.6. The fourth-order valence-corrected chi connectivity index (χ4v) is 1.96. The van der Waals surface area contributed by atoms with E-state index in [2.05, 4.69) is 15.6 Å². The highest BCUT2D eigenvalue weighted by atomic mass is 16.1. The van der Waals surface area contributed by atoms with Crippen LogP contribution < -0.4 is 10.6 Å². The fourth-order valence-electron chi connectivity index (χ4n) is 1.96. The highest BCUT2D eigenvalue weighted by molar-refractivity contribution is 6.07. The zero-order valence-corrected chi connectivity index (χ0v) is 12.0. The van der Waals surface area contributed by atoms with Gasteiger partial charge in [-0.25, -0.2) is 4.98 Å². The van der Waals surface area contributed by atoms with E-state index in [-0.39, 0.29) is 5.91 Å². The molecule has 20 heavy (non-hydrogen) atoms. The van der Waals surface area contributed by atoms with Crippen LogP contribution in [-0.2, 0) is 0 Å². The standard InChI is InChI=1S/C16H19N3O/c1-4-17-15-13(6-5-9-18-15)16(20)19-14-10-11(2)7-8-12(14)3/h5-10H,4H2,1-3H3,(H,17,18)(H,19,20). The second-order valence-electron chi connectivity index (χ2n) is 4.70. The highest BCUT2D eigenvalue weighted by Gasteiger charge is 2.12. The molecule has 0 atom stereocenters. The lowest BCUT2D eigenvalue weighted by atomic mass is 10.1. The molecule has 0 aliphatic heterocycles. The number of hydrogen-bond acceptors (Lipinski definition) is 3. The number of nitrogens with zero attached hydrogens (tertiary/aromatic N) is 1. The van der Waals surface area contributed by atoms with Gasteiger partial charge in [0.1, 0.15) is 5.82 Å². The van der Waals surface area contributed by atoms with Gasteiger partial charge in [0, 0.05) is 18.4 Å². The van der Waals surface area contributed by atoms with Gasteiger partial charge in [0.2, 0.25) is 0 Å². The number of nitrogens with one attached hydrogen (secondary N) is 2. The first-order chi connectivity index (χ1) is 9.61. The number of amides is 1. The first-order valence-corrected chi connectivity index (χ1v) is 6.69. The Hall–Kier alpha value is -2.36. The van der Waals surface area contributed by atoms with Gasteiger partial charge < -0.3 is 10.6 Å². The predicted molar refractivity (Wildman–Crippen MR) is 82.3 cm³/mol. The van der Waals surface area contributed by atoms with Gasteiger partial charge in [-0.15, -0.1) is 0 Å².